The molecule has 2 heterocycles. The van der Waals surface area contributed by atoms with Gasteiger partial charge in [0.1, 0.15) is 17.2 Å². The smallest absolute Gasteiger partial charge is 0.263 e. The van der Waals surface area contributed by atoms with E-state index in [1.54, 1.807) is 12.4 Å². The van der Waals surface area contributed by atoms with Crippen LogP contribution in [0.5, 0.6) is 5.88 Å². The van der Waals surface area contributed by atoms with E-state index in [1.807, 2.05) is 19.9 Å². The van der Waals surface area contributed by atoms with Gasteiger partial charge in [-0.3, -0.25) is 10.1 Å². The number of hydrogen-bond donors (Lipinski definition) is 1. The van der Waals surface area contributed by atoms with E-state index in [-0.39, 0.29) is 5.13 Å². The molecule has 1 aromatic carbocycles. The van der Waals surface area contributed by atoms with Gasteiger partial charge in [0, 0.05) is 24.0 Å². The first-order valence-electron chi connectivity index (χ1n) is 7.80. The third-order valence-corrected chi connectivity index (χ3v) is 4.51. The lowest BCUT2D eigenvalue weighted by molar-refractivity contribution is 0.101. The van der Waals surface area contributed by atoms with Crippen molar-refractivity contribution >= 4 is 22.4 Å². The Hall–Kier alpha value is -2.87. The van der Waals surface area contributed by atoms with Crippen LogP contribution in [0, 0.1) is 18.6 Å². The number of rotatable bonds is 5. The highest BCUT2D eigenvalue weighted by atomic mass is 32.1. The zero-order valence-electron chi connectivity index (χ0n) is 14.0. The van der Waals surface area contributed by atoms with Gasteiger partial charge in [-0.25, -0.2) is 18.7 Å². The lowest BCUT2D eigenvalue weighted by atomic mass is 10.1. The van der Waals surface area contributed by atoms with Gasteiger partial charge in [0.05, 0.1) is 11.5 Å². The van der Waals surface area contributed by atoms with Crippen molar-refractivity contribution in [1.82, 2.24) is 9.97 Å². The molecule has 0 unspecified atom stereocenters. The van der Waals surface area contributed by atoms with Crippen molar-refractivity contribution in [3.63, 3.8) is 0 Å². The number of ether oxygens (including phenoxy) is 1. The summed E-state index contributed by atoms with van der Waals surface area (Å²) in [5.41, 5.74) is 1.14. The summed E-state index contributed by atoms with van der Waals surface area (Å²) in [7, 11) is 0. The molecular weight excluding hydrogens is 360 g/mol. The molecule has 0 fully saturated rings. The summed E-state index contributed by atoms with van der Waals surface area (Å²) in [6.45, 7) is 4.31. The molecule has 3 rings (SSSR count). The number of nitrogens with zero attached hydrogens (tertiary/aromatic N) is 2. The van der Waals surface area contributed by atoms with Gasteiger partial charge in [0.15, 0.2) is 5.13 Å². The van der Waals surface area contributed by atoms with Crippen LogP contribution in [0.2, 0.25) is 0 Å². The normalized spacial score (nSPS) is 10.6. The fraction of sp³-hybridized carbons (Fsp3) is 0.167. The van der Waals surface area contributed by atoms with Crippen LogP contribution in [0.3, 0.4) is 0 Å². The van der Waals surface area contributed by atoms with E-state index in [2.05, 4.69) is 15.3 Å². The number of carbonyl (C=O) groups is 1. The summed E-state index contributed by atoms with van der Waals surface area (Å²) in [5, 5.41) is 2.66. The maximum absolute atomic E-state index is 13.7. The molecule has 8 heteroatoms. The second-order valence-electron chi connectivity index (χ2n) is 5.35. The molecule has 1 N–H and O–H groups in total. The summed E-state index contributed by atoms with van der Waals surface area (Å²) < 4.78 is 32.7. The van der Waals surface area contributed by atoms with Crippen LogP contribution in [-0.2, 0) is 0 Å². The Morgan fingerprint density at radius 3 is 2.62 bits per heavy atom. The Kier molecular flexibility index (Phi) is 5.22. The number of aryl methyl sites for hydroxylation is 1. The van der Waals surface area contributed by atoms with Gasteiger partial charge in [-0.2, -0.15) is 0 Å². The number of thiazole rings is 1. The molecule has 134 valence electrons. The van der Waals surface area contributed by atoms with Crippen molar-refractivity contribution in [2.45, 2.75) is 13.8 Å². The van der Waals surface area contributed by atoms with E-state index in [1.165, 1.54) is 17.4 Å². The summed E-state index contributed by atoms with van der Waals surface area (Å²) in [5.74, 6) is -2.21. The van der Waals surface area contributed by atoms with Gasteiger partial charge in [-0.1, -0.05) is 17.4 Å². The number of benzene rings is 1. The zero-order chi connectivity index (χ0) is 18.7. The van der Waals surface area contributed by atoms with Gasteiger partial charge in [0.25, 0.3) is 5.91 Å². The Morgan fingerprint density at radius 2 is 1.96 bits per heavy atom. The molecule has 0 bridgehead atoms. The maximum Gasteiger partial charge on any atom is 0.263 e. The number of hydrogen-bond acceptors (Lipinski definition) is 5. The fourth-order valence-corrected chi connectivity index (χ4v) is 3.23. The van der Waals surface area contributed by atoms with Gasteiger partial charge in [-0.05, 0) is 31.5 Å². The number of anilines is 1. The average Bonchev–Trinajstić information content (AvgIpc) is 3.03. The Bertz CT molecular complexity index is 939. The second-order valence-corrected chi connectivity index (χ2v) is 6.38. The first-order chi connectivity index (χ1) is 12.5. The van der Waals surface area contributed by atoms with E-state index in [4.69, 9.17) is 4.74 Å². The predicted octanol–water partition coefficient (Wildman–Crippen LogP) is 4.44. The molecular formula is C18H15F2N3O2S. The Labute approximate surface area is 152 Å². The number of aromatic nitrogens is 2. The third-order valence-electron chi connectivity index (χ3n) is 3.56. The van der Waals surface area contributed by atoms with Gasteiger partial charge >= 0.3 is 0 Å². The minimum absolute atomic E-state index is 0.237. The molecule has 0 aliphatic rings. The van der Waals surface area contributed by atoms with Gasteiger partial charge in [0.2, 0.25) is 5.88 Å². The van der Waals surface area contributed by atoms with E-state index in [9.17, 15) is 13.6 Å². The largest absolute Gasteiger partial charge is 0.478 e. The molecule has 0 aliphatic carbocycles. The lowest BCUT2D eigenvalue weighted by Gasteiger charge is -2.06. The van der Waals surface area contributed by atoms with Crippen LogP contribution < -0.4 is 10.1 Å². The summed E-state index contributed by atoms with van der Waals surface area (Å²) in [4.78, 5) is 21.2. The number of nitrogens with one attached hydrogen (secondary N) is 1. The SMILES string of the molecule is CCOc1cc(C)c(-c2cnc(NC(=O)c3c(F)cccc3F)s2)cn1. The first kappa shape index (κ1) is 17.9. The van der Waals surface area contributed by atoms with Crippen LogP contribution in [-0.4, -0.2) is 22.5 Å². The van der Waals surface area contributed by atoms with Crippen molar-refractivity contribution in [3.8, 4) is 16.3 Å². The zero-order valence-corrected chi connectivity index (χ0v) is 14.9. The standard InChI is InChI=1S/C18H15F2N3O2S/c1-3-25-15-7-10(2)11(8-21-15)14-9-22-18(26-14)23-17(24)16-12(19)5-4-6-13(16)20/h4-9H,3H2,1-2H3,(H,22,23,24). The molecule has 2 aromatic heterocycles. The van der Waals surface area contributed by atoms with Crippen LogP contribution in [0.1, 0.15) is 22.8 Å². The Balaban J connectivity index is 1.81. The third kappa shape index (κ3) is 3.70. The number of carbonyl (C=O) groups excluding carboxylic acids is 1. The Morgan fingerprint density at radius 1 is 1.23 bits per heavy atom. The van der Waals surface area contributed by atoms with E-state index in [0.717, 1.165) is 28.1 Å². The van der Waals surface area contributed by atoms with Crippen molar-refractivity contribution in [2.75, 3.05) is 11.9 Å². The van der Waals surface area contributed by atoms with Crippen molar-refractivity contribution in [3.05, 3.63) is 59.4 Å². The molecule has 0 atom stereocenters. The molecule has 0 saturated heterocycles. The minimum Gasteiger partial charge on any atom is -0.478 e. The van der Waals surface area contributed by atoms with E-state index in [0.29, 0.717) is 12.5 Å². The minimum atomic E-state index is -0.925. The molecule has 0 aliphatic heterocycles. The molecule has 3 aromatic rings. The summed E-state index contributed by atoms with van der Waals surface area (Å²) >= 11 is 1.19. The predicted molar refractivity (Wildman–Crippen MR) is 95.6 cm³/mol. The van der Waals surface area contributed by atoms with Crippen LogP contribution >= 0.6 is 11.3 Å². The summed E-state index contributed by atoms with van der Waals surface area (Å²) in [6.07, 6.45) is 3.23. The average molecular weight is 375 g/mol. The van der Waals surface area contributed by atoms with Crippen LogP contribution in [0.4, 0.5) is 13.9 Å². The first-order valence-corrected chi connectivity index (χ1v) is 8.62. The monoisotopic (exact) mass is 375 g/mol. The molecule has 0 spiro atoms. The van der Waals surface area contributed by atoms with Crippen molar-refractivity contribution in [2.24, 2.45) is 0 Å². The molecule has 1 amide bonds. The molecule has 0 saturated carbocycles. The van der Waals surface area contributed by atoms with Gasteiger partial charge < -0.3 is 4.74 Å². The molecule has 0 radical (unpaired) electrons. The topological polar surface area (TPSA) is 64.1 Å². The van der Waals surface area contributed by atoms with E-state index < -0.39 is 23.1 Å². The van der Waals surface area contributed by atoms with E-state index >= 15 is 0 Å². The number of amides is 1. The number of pyridine rings is 1. The highest BCUT2D eigenvalue weighted by molar-refractivity contribution is 7.19. The summed E-state index contributed by atoms with van der Waals surface area (Å²) in [6, 6.07) is 5.07. The molecule has 5 nitrogen and oxygen atoms in total. The van der Waals surface area contributed by atoms with Crippen LogP contribution in [0.25, 0.3) is 10.4 Å². The van der Waals surface area contributed by atoms with Crippen molar-refractivity contribution < 1.29 is 18.3 Å². The fourth-order valence-electron chi connectivity index (χ4n) is 2.35. The highest BCUT2D eigenvalue weighted by Crippen LogP contribution is 2.32. The van der Waals surface area contributed by atoms with Gasteiger partial charge in [-0.15, -0.1) is 0 Å². The number of halogens is 2. The maximum atomic E-state index is 13.7. The quantitative estimate of drug-likeness (QED) is 0.716. The van der Waals surface area contributed by atoms with Crippen LogP contribution in [0.15, 0.2) is 36.7 Å². The lowest BCUT2D eigenvalue weighted by Crippen LogP contribution is -2.15. The van der Waals surface area contributed by atoms with Crippen molar-refractivity contribution in [1.29, 1.82) is 0 Å². The molecule has 26 heavy (non-hydrogen) atoms. The highest BCUT2D eigenvalue weighted by Gasteiger charge is 2.18. The second kappa shape index (κ2) is 7.57.